The van der Waals surface area contributed by atoms with E-state index in [0.717, 1.165) is 12.3 Å². The summed E-state index contributed by atoms with van der Waals surface area (Å²) in [6.45, 7) is 15.1. The molecule has 1 unspecified atom stereocenters. The first-order chi connectivity index (χ1) is 10.6. The molecule has 0 aromatic rings. The number of rotatable bonds is 4. The highest BCUT2D eigenvalue weighted by molar-refractivity contribution is 5.29. The average Bonchev–Trinajstić information content (AvgIpc) is 2.50. The quantitative estimate of drug-likeness (QED) is 0.470. The molecule has 2 aliphatic rings. The molecule has 1 nitrogen and oxygen atoms in total. The van der Waals surface area contributed by atoms with Gasteiger partial charge >= 0.3 is 0 Å². The van der Waals surface area contributed by atoms with Crippen molar-refractivity contribution in [2.45, 2.75) is 53.4 Å². The van der Waals surface area contributed by atoms with Crippen molar-refractivity contribution >= 4 is 0 Å². The Morgan fingerprint density at radius 3 is 2.82 bits per heavy atom. The molecule has 0 amide bonds. The van der Waals surface area contributed by atoms with Gasteiger partial charge in [-0.3, -0.25) is 0 Å². The van der Waals surface area contributed by atoms with Crippen LogP contribution in [0.25, 0.3) is 0 Å². The number of hydrogen-bond donors (Lipinski definition) is 0. The van der Waals surface area contributed by atoms with Gasteiger partial charge in [0.25, 0.3) is 0 Å². The fourth-order valence-corrected chi connectivity index (χ4v) is 3.76. The topological polar surface area (TPSA) is 3.24 Å². The van der Waals surface area contributed by atoms with Crippen LogP contribution in [0.5, 0.6) is 0 Å². The number of likely N-dealkylation sites (tertiary alicyclic amines) is 1. The standard InChI is InChI=1S/C19H29N.C2H6/c1-5-6-7-8-17(3)14-19-11-9-16(2)13-18(19)10-12-20(4)15-19;1-2/h5-8,13,16H,3,9-12,14-15H2,1-2,4H3;1-2H3/b6-5-,8-7-;/t16?,19-;/m0./s1. The molecule has 22 heavy (non-hydrogen) atoms. The summed E-state index contributed by atoms with van der Waals surface area (Å²) in [5.41, 5.74) is 3.32. The lowest BCUT2D eigenvalue weighted by molar-refractivity contribution is 0.140. The van der Waals surface area contributed by atoms with Gasteiger partial charge in [0.05, 0.1) is 0 Å². The molecule has 1 heterocycles. The summed E-state index contributed by atoms with van der Waals surface area (Å²) in [6.07, 6.45) is 16.0. The molecule has 1 saturated heterocycles. The predicted molar refractivity (Wildman–Crippen MR) is 100 cm³/mol. The summed E-state index contributed by atoms with van der Waals surface area (Å²) in [4.78, 5) is 2.50. The molecule has 0 radical (unpaired) electrons. The largest absolute Gasteiger partial charge is 0.305 e. The summed E-state index contributed by atoms with van der Waals surface area (Å²) in [5.74, 6) is 0.758. The highest BCUT2D eigenvalue weighted by atomic mass is 15.1. The van der Waals surface area contributed by atoms with Crippen LogP contribution in [0.1, 0.15) is 53.4 Å². The van der Waals surface area contributed by atoms with E-state index in [-0.39, 0.29) is 0 Å². The average molecular weight is 302 g/mol. The summed E-state index contributed by atoms with van der Waals surface area (Å²) in [6, 6.07) is 0. The van der Waals surface area contributed by atoms with E-state index in [1.54, 1.807) is 5.57 Å². The molecule has 1 fully saturated rings. The third-order valence-electron chi connectivity index (χ3n) is 4.78. The van der Waals surface area contributed by atoms with E-state index in [1.165, 1.54) is 37.9 Å². The minimum absolute atomic E-state index is 0.358. The van der Waals surface area contributed by atoms with Gasteiger partial charge in [-0.15, -0.1) is 0 Å². The third kappa shape index (κ3) is 4.98. The van der Waals surface area contributed by atoms with Crippen molar-refractivity contribution in [2.75, 3.05) is 20.1 Å². The Kier molecular flexibility index (Phi) is 7.89. The summed E-state index contributed by atoms with van der Waals surface area (Å²) >= 11 is 0. The summed E-state index contributed by atoms with van der Waals surface area (Å²) in [5, 5.41) is 0. The molecule has 0 aromatic heterocycles. The first-order valence-corrected chi connectivity index (χ1v) is 8.92. The minimum atomic E-state index is 0.358. The molecule has 2 rings (SSSR count). The summed E-state index contributed by atoms with van der Waals surface area (Å²) in [7, 11) is 2.26. The Morgan fingerprint density at radius 1 is 1.41 bits per heavy atom. The second-order valence-electron chi connectivity index (χ2n) is 6.70. The zero-order valence-corrected chi connectivity index (χ0v) is 15.4. The van der Waals surface area contributed by atoms with Gasteiger partial charge in [0.15, 0.2) is 0 Å². The Labute approximate surface area is 138 Å². The monoisotopic (exact) mass is 301 g/mol. The molecule has 124 valence electrons. The van der Waals surface area contributed by atoms with Crippen LogP contribution in [0.3, 0.4) is 0 Å². The molecule has 1 aliphatic carbocycles. The molecule has 1 heteroatoms. The third-order valence-corrected chi connectivity index (χ3v) is 4.78. The van der Waals surface area contributed by atoms with Crippen molar-refractivity contribution in [1.29, 1.82) is 0 Å². The molecule has 0 saturated carbocycles. The lowest BCUT2D eigenvalue weighted by atomic mass is 9.64. The number of fused-ring (bicyclic) bond motifs is 1. The number of piperidine rings is 1. The molecule has 2 atom stereocenters. The van der Waals surface area contributed by atoms with E-state index in [1.807, 2.05) is 20.8 Å². The number of allylic oxidation sites excluding steroid dienone is 6. The van der Waals surface area contributed by atoms with Crippen LogP contribution in [0, 0.1) is 11.3 Å². The maximum atomic E-state index is 4.28. The Balaban J connectivity index is 0.00000116. The highest BCUT2D eigenvalue weighted by Crippen LogP contribution is 2.48. The number of hydrogen-bond acceptors (Lipinski definition) is 1. The van der Waals surface area contributed by atoms with Crippen molar-refractivity contribution in [1.82, 2.24) is 4.90 Å². The van der Waals surface area contributed by atoms with Crippen LogP contribution < -0.4 is 0 Å². The van der Waals surface area contributed by atoms with Gasteiger partial charge < -0.3 is 4.90 Å². The summed E-state index contributed by atoms with van der Waals surface area (Å²) < 4.78 is 0. The SMILES string of the molecule is C=C(/C=C\C=C/C)C[C@]12CCC(C)C=C1CCN(C)C2.CC. The van der Waals surface area contributed by atoms with E-state index in [2.05, 4.69) is 55.8 Å². The van der Waals surface area contributed by atoms with Crippen LogP contribution in [0.2, 0.25) is 0 Å². The predicted octanol–water partition coefficient (Wildman–Crippen LogP) is 5.77. The van der Waals surface area contributed by atoms with Crippen molar-refractivity contribution in [2.24, 2.45) is 11.3 Å². The van der Waals surface area contributed by atoms with Gasteiger partial charge in [-0.1, -0.05) is 68.9 Å². The van der Waals surface area contributed by atoms with E-state index >= 15 is 0 Å². The van der Waals surface area contributed by atoms with Gasteiger partial charge in [0.2, 0.25) is 0 Å². The second-order valence-corrected chi connectivity index (χ2v) is 6.70. The smallest absolute Gasteiger partial charge is 0.00799 e. The van der Waals surface area contributed by atoms with Gasteiger partial charge in [-0.05, 0) is 45.6 Å². The maximum absolute atomic E-state index is 4.28. The first kappa shape index (κ1) is 19.0. The number of nitrogens with zero attached hydrogens (tertiary/aromatic N) is 1. The normalized spacial score (nSPS) is 29.0. The van der Waals surface area contributed by atoms with E-state index in [4.69, 9.17) is 0 Å². The lowest BCUT2D eigenvalue weighted by Gasteiger charge is -2.47. The second kappa shape index (κ2) is 9.15. The first-order valence-electron chi connectivity index (χ1n) is 8.92. The fourth-order valence-electron chi connectivity index (χ4n) is 3.76. The molecular weight excluding hydrogens is 266 g/mol. The van der Waals surface area contributed by atoms with Gasteiger partial charge in [-0.25, -0.2) is 0 Å². The molecule has 1 aliphatic heterocycles. The van der Waals surface area contributed by atoms with Crippen molar-refractivity contribution in [3.8, 4) is 0 Å². The lowest BCUT2D eigenvalue weighted by Crippen LogP contribution is -2.44. The molecular formula is C21H35N. The van der Waals surface area contributed by atoms with Gasteiger partial charge in [-0.2, -0.15) is 0 Å². The Bertz CT molecular complexity index is 441. The zero-order chi connectivity index (χ0) is 16.6. The molecule has 0 N–H and O–H groups in total. The van der Waals surface area contributed by atoms with Crippen molar-refractivity contribution in [3.05, 3.63) is 48.1 Å². The van der Waals surface area contributed by atoms with Gasteiger partial charge in [0.1, 0.15) is 0 Å². The maximum Gasteiger partial charge on any atom is 0.00799 e. The highest BCUT2D eigenvalue weighted by Gasteiger charge is 2.40. The van der Waals surface area contributed by atoms with Crippen molar-refractivity contribution in [3.63, 3.8) is 0 Å². The van der Waals surface area contributed by atoms with Crippen LogP contribution in [-0.4, -0.2) is 25.0 Å². The molecule has 0 spiro atoms. The van der Waals surface area contributed by atoms with E-state index in [9.17, 15) is 0 Å². The zero-order valence-electron chi connectivity index (χ0n) is 15.4. The Hall–Kier alpha value is -1.08. The molecule has 0 bridgehead atoms. The van der Waals surface area contributed by atoms with E-state index in [0.29, 0.717) is 5.41 Å². The van der Waals surface area contributed by atoms with Crippen LogP contribution in [0.4, 0.5) is 0 Å². The van der Waals surface area contributed by atoms with Gasteiger partial charge in [0, 0.05) is 18.5 Å². The van der Waals surface area contributed by atoms with Crippen LogP contribution in [-0.2, 0) is 0 Å². The molecule has 0 aromatic carbocycles. The Morgan fingerprint density at radius 2 is 2.14 bits per heavy atom. The van der Waals surface area contributed by atoms with Crippen LogP contribution in [0.15, 0.2) is 48.1 Å². The van der Waals surface area contributed by atoms with Crippen LogP contribution >= 0.6 is 0 Å². The van der Waals surface area contributed by atoms with E-state index < -0.39 is 0 Å². The fraction of sp³-hybridized carbons (Fsp3) is 0.619. The minimum Gasteiger partial charge on any atom is -0.305 e. The van der Waals surface area contributed by atoms with Crippen molar-refractivity contribution < 1.29 is 0 Å².